The lowest BCUT2D eigenvalue weighted by Gasteiger charge is -2.17. The van der Waals surface area contributed by atoms with Gasteiger partial charge in [0.05, 0.1) is 11.4 Å². The number of aliphatic hydroxyl groups is 1. The summed E-state index contributed by atoms with van der Waals surface area (Å²) in [6.07, 6.45) is 2.24. The van der Waals surface area contributed by atoms with Gasteiger partial charge in [0.15, 0.2) is 0 Å². The average Bonchev–Trinajstić information content (AvgIpc) is 2.49. The Kier molecular flexibility index (Phi) is 7.40. The number of rotatable bonds is 7. The summed E-state index contributed by atoms with van der Waals surface area (Å²) in [5.41, 5.74) is 6.03. The molecule has 0 saturated heterocycles. The molecular formula is C15H22N2O3S. The van der Waals surface area contributed by atoms with Crippen molar-refractivity contribution in [2.75, 3.05) is 26.7 Å². The lowest BCUT2D eigenvalue weighted by molar-refractivity contribution is 0.281. The predicted octanol–water partition coefficient (Wildman–Crippen LogP) is 0.780. The van der Waals surface area contributed by atoms with Crippen molar-refractivity contribution in [2.24, 2.45) is 5.73 Å². The Morgan fingerprint density at radius 3 is 2.43 bits per heavy atom. The first-order valence-corrected chi connectivity index (χ1v) is 8.32. The number of benzene rings is 1. The van der Waals surface area contributed by atoms with Crippen LogP contribution in [0.4, 0.5) is 0 Å². The Labute approximate surface area is 126 Å². The van der Waals surface area contributed by atoms with Crippen molar-refractivity contribution in [3.8, 4) is 11.8 Å². The molecule has 0 spiro atoms. The van der Waals surface area contributed by atoms with Crippen LogP contribution < -0.4 is 5.73 Å². The van der Waals surface area contributed by atoms with Crippen molar-refractivity contribution >= 4 is 10.0 Å². The number of sulfonamides is 1. The topological polar surface area (TPSA) is 83.6 Å². The first-order chi connectivity index (χ1) is 10.0. The SMILES string of the molecule is CN(CCCCCO)S(=O)(=O)c1ccc(C#CCN)cc1. The second-order valence-corrected chi connectivity index (χ2v) is 6.69. The van der Waals surface area contributed by atoms with Crippen LogP contribution in [0.1, 0.15) is 24.8 Å². The smallest absolute Gasteiger partial charge is 0.242 e. The fourth-order valence-corrected chi connectivity index (χ4v) is 3.00. The number of nitrogens with zero attached hydrogens (tertiary/aromatic N) is 1. The molecule has 0 amide bonds. The van der Waals surface area contributed by atoms with Gasteiger partial charge in [-0.2, -0.15) is 0 Å². The van der Waals surface area contributed by atoms with Crippen molar-refractivity contribution in [3.63, 3.8) is 0 Å². The molecule has 1 aromatic carbocycles. The Morgan fingerprint density at radius 2 is 1.86 bits per heavy atom. The van der Waals surface area contributed by atoms with Crippen LogP contribution >= 0.6 is 0 Å². The van der Waals surface area contributed by atoms with E-state index in [0.29, 0.717) is 13.0 Å². The fourth-order valence-electron chi connectivity index (χ4n) is 1.79. The van der Waals surface area contributed by atoms with E-state index in [1.165, 1.54) is 4.31 Å². The Morgan fingerprint density at radius 1 is 1.19 bits per heavy atom. The van der Waals surface area contributed by atoms with Crippen molar-refractivity contribution in [1.82, 2.24) is 4.31 Å². The number of nitrogens with two attached hydrogens (primary N) is 1. The summed E-state index contributed by atoms with van der Waals surface area (Å²) >= 11 is 0. The molecule has 0 unspecified atom stereocenters. The van der Waals surface area contributed by atoms with E-state index >= 15 is 0 Å². The van der Waals surface area contributed by atoms with Crippen molar-refractivity contribution in [2.45, 2.75) is 24.2 Å². The summed E-state index contributed by atoms with van der Waals surface area (Å²) < 4.78 is 26.0. The zero-order valence-corrected chi connectivity index (χ0v) is 13.1. The van der Waals surface area contributed by atoms with Crippen LogP contribution in [0.5, 0.6) is 0 Å². The van der Waals surface area contributed by atoms with Crippen LogP contribution in [0.15, 0.2) is 29.2 Å². The Balaban J connectivity index is 2.73. The van der Waals surface area contributed by atoms with Gasteiger partial charge in [-0.05, 0) is 43.5 Å². The number of hydrogen-bond acceptors (Lipinski definition) is 4. The number of unbranched alkanes of at least 4 members (excludes halogenated alkanes) is 2. The summed E-state index contributed by atoms with van der Waals surface area (Å²) in [6, 6.07) is 6.46. The van der Waals surface area contributed by atoms with Gasteiger partial charge in [0.2, 0.25) is 10.0 Å². The maximum atomic E-state index is 12.3. The van der Waals surface area contributed by atoms with E-state index in [2.05, 4.69) is 11.8 Å². The van der Waals surface area contributed by atoms with Gasteiger partial charge in [0, 0.05) is 25.8 Å². The van der Waals surface area contributed by atoms with Gasteiger partial charge in [-0.3, -0.25) is 0 Å². The number of aliphatic hydroxyl groups excluding tert-OH is 1. The van der Waals surface area contributed by atoms with Gasteiger partial charge in [-0.25, -0.2) is 12.7 Å². The molecule has 5 nitrogen and oxygen atoms in total. The van der Waals surface area contributed by atoms with E-state index < -0.39 is 10.0 Å². The molecule has 116 valence electrons. The minimum atomic E-state index is -3.47. The standard InChI is InChI=1S/C15H22N2O3S/c1-17(12-3-2-4-13-18)21(19,20)15-9-7-14(8-10-15)6-5-11-16/h7-10,18H,2-4,11-13,16H2,1H3. The summed E-state index contributed by atoms with van der Waals surface area (Å²) in [5, 5.41) is 8.71. The molecule has 0 aliphatic carbocycles. The first kappa shape index (κ1) is 17.7. The van der Waals surface area contributed by atoms with E-state index in [4.69, 9.17) is 10.8 Å². The zero-order chi connectivity index (χ0) is 15.7. The highest BCUT2D eigenvalue weighted by Gasteiger charge is 2.19. The first-order valence-electron chi connectivity index (χ1n) is 6.88. The highest BCUT2D eigenvalue weighted by molar-refractivity contribution is 7.89. The van der Waals surface area contributed by atoms with E-state index in [0.717, 1.165) is 18.4 Å². The normalized spacial score (nSPS) is 11.2. The second-order valence-electron chi connectivity index (χ2n) is 4.64. The fraction of sp³-hybridized carbons (Fsp3) is 0.467. The largest absolute Gasteiger partial charge is 0.396 e. The average molecular weight is 310 g/mol. The third kappa shape index (κ3) is 5.48. The highest BCUT2D eigenvalue weighted by atomic mass is 32.2. The second kappa shape index (κ2) is 8.80. The molecule has 1 rings (SSSR count). The Bertz CT molecular complexity index is 586. The van der Waals surface area contributed by atoms with Gasteiger partial charge in [-0.1, -0.05) is 11.8 Å². The molecule has 0 aromatic heterocycles. The molecule has 0 radical (unpaired) electrons. The third-order valence-corrected chi connectivity index (χ3v) is 4.90. The molecule has 3 N–H and O–H groups in total. The van der Waals surface area contributed by atoms with Crippen LogP contribution in [0.25, 0.3) is 0 Å². The maximum Gasteiger partial charge on any atom is 0.242 e. The lowest BCUT2D eigenvalue weighted by atomic mass is 10.2. The minimum absolute atomic E-state index is 0.141. The molecular weight excluding hydrogens is 288 g/mol. The molecule has 0 fully saturated rings. The van der Waals surface area contributed by atoms with Gasteiger partial charge in [-0.15, -0.1) is 0 Å². The third-order valence-electron chi connectivity index (χ3n) is 3.03. The van der Waals surface area contributed by atoms with Crippen LogP contribution in [-0.2, 0) is 10.0 Å². The van der Waals surface area contributed by atoms with Crippen molar-refractivity contribution in [3.05, 3.63) is 29.8 Å². The zero-order valence-electron chi connectivity index (χ0n) is 12.2. The lowest BCUT2D eigenvalue weighted by Crippen LogP contribution is -2.28. The predicted molar refractivity (Wildman–Crippen MR) is 83.1 cm³/mol. The van der Waals surface area contributed by atoms with Crippen molar-refractivity contribution < 1.29 is 13.5 Å². The van der Waals surface area contributed by atoms with E-state index in [9.17, 15) is 8.42 Å². The summed E-state index contributed by atoms with van der Waals surface area (Å²) in [5.74, 6) is 5.58. The molecule has 0 bridgehead atoms. The van der Waals surface area contributed by atoms with Crippen LogP contribution in [0, 0.1) is 11.8 Å². The Hall–Kier alpha value is -1.39. The molecule has 1 aromatic rings. The monoisotopic (exact) mass is 310 g/mol. The molecule has 0 saturated carbocycles. The van der Waals surface area contributed by atoms with E-state index in [-0.39, 0.29) is 18.0 Å². The van der Waals surface area contributed by atoms with Gasteiger partial charge >= 0.3 is 0 Å². The molecule has 21 heavy (non-hydrogen) atoms. The summed E-state index contributed by atoms with van der Waals surface area (Å²) in [4.78, 5) is 0.255. The molecule has 6 heteroatoms. The van der Waals surface area contributed by atoms with Gasteiger partial charge in [0.1, 0.15) is 0 Å². The van der Waals surface area contributed by atoms with Crippen LogP contribution in [0.3, 0.4) is 0 Å². The highest BCUT2D eigenvalue weighted by Crippen LogP contribution is 2.15. The van der Waals surface area contributed by atoms with E-state index in [1.54, 1.807) is 31.3 Å². The van der Waals surface area contributed by atoms with Crippen molar-refractivity contribution in [1.29, 1.82) is 0 Å². The molecule has 0 heterocycles. The van der Waals surface area contributed by atoms with Gasteiger partial charge < -0.3 is 10.8 Å². The maximum absolute atomic E-state index is 12.3. The van der Waals surface area contributed by atoms with Gasteiger partial charge in [0.25, 0.3) is 0 Å². The van der Waals surface area contributed by atoms with Crippen LogP contribution in [-0.4, -0.2) is 44.6 Å². The van der Waals surface area contributed by atoms with E-state index in [1.807, 2.05) is 0 Å². The summed E-state index contributed by atoms with van der Waals surface area (Å²) in [7, 11) is -1.90. The minimum Gasteiger partial charge on any atom is -0.396 e. The summed E-state index contributed by atoms with van der Waals surface area (Å²) in [6.45, 7) is 0.857. The molecule has 0 aliphatic heterocycles. The quantitative estimate of drug-likeness (QED) is 0.576. The molecule has 0 aliphatic rings. The number of hydrogen-bond donors (Lipinski definition) is 2. The molecule has 0 atom stereocenters. The van der Waals surface area contributed by atoms with Crippen LogP contribution in [0.2, 0.25) is 0 Å².